The lowest BCUT2D eigenvalue weighted by molar-refractivity contribution is 0.461. The van der Waals surface area contributed by atoms with E-state index in [9.17, 15) is 0 Å². The summed E-state index contributed by atoms with van der Waals surface area (Å²) in [4.78, 5) is 4.37. The number of aromatic nitrogens is 1. The highest BCUT2D eigenvalue weighted by atomic mass is 16.5. The van der Waals surface area contributed by atoms with Crippen molar-refractivity contribution < 1.29 is 4.74 Å². The monoisotopic (exact) mass is 270 g/mol. The van der Waals surface area contributed by atoms with E-state index in [0.717, 1.165) is 12.3 Å². The molecule has 1 unspecified atom stereocenters. The summed E-state index contributed by atoms with van der Waals surface area (Å²) >= 11 is 0. The molecule has 20 heavy (non-hydrogen) atoms. The lowest BCUT2D eigenvalue weighted by Gasteiger charge is -2.13. The van der Waals surface area contributed by atoms with Gasteiger partial charge in [0.2, 0.25) is 5.88 Å². The van der Waals surface area contributed by atoms with Crippen molar-refractivity contribution >= 4 is 0 Å². The number of nitrogens with one attached hydrogen (secondary N) is 1. The third kappa shape index (κ3) is 3.81. The van der Waals surface area contributed by atoms with E-state index in [2.05, 4.69) is 50.1 Å². The summed E-state index contributed by atoms with van der Waals surface area (Å²) in [6.45, 7) is 9.30. The topological polar surface area (TPSA) is 34.1 Å². The highest BCUT2D eigenvalue weighted by molar-refractivity contribution is 5.35. The third-order valence-electron chi connectivity index (χ3n) is 3.19. The maximum atomic E-state index is 5.80. The van der Waals surface area contributed by atoms with Gasteiger partial charge in [0.15, 0.2) is 0 Å². The Balaban J connectivity index is 2.10. The Morgan fingerprint density at radius 3 is 2.40 bits per heavy atom. The van der Waals surface area contributed by atoms with Gasteiger partial charge in [0.1, 0.15) is 5.75 Å². The predicted molar refractivity (Wildman–Crippen MR) is 82.3 cm³/mol. The van der Waals surface area contributed by atoms with E-state index in [-0.39, 0.29) is 0 Å². The van der Waals surface area contributed by atoms with Crippen molar-refractivity contribution in [1.82, 2.24) is 10.3 Å². The Hall–Kier alpha value is -1.87. The molecule has 0 saturated carbocycles. The van der Waals surface area contributed by atoms with Crippen LogP contribution in [0.2, 0.25) is 0 Å². The maximum absolute atomic E-state index is 5.80. The number of benzene rings is 1. The average Bonchev–Trinajstić information content (AvgIpc) is 2.38. The zero-order chi connectivity index (χ0) is 14.5. The second kappa shape index (κ2) is 6.53. The Kier molecular flexibility index (Phi) is 4.74. The average molecular weight is 270 g/mol. The van der Waals surface area contributed by atoms with Crippen LogP contribution in [0, 0.1) is 13.8 Å². The van der Waals surface area contributed by atoms with Crippen LogP contribution in [-0.4, -0.2) is 11.5 Å². The van der Waals surface area contributed by atoms with Crippen molar-refractivity contribution in [2.45, 2.75) is 33.7 Å². The van der Waals surface area contributed by atoms with Crippen molar-refractivity contribution in [2.24, 2.45) is 0 Å². The summed E-state index contributed by atoms with van der Waals surface area (Å²) < 4.78 is 5.80. The van der Waals surface area contributed by atoms with E-state index in [1.165, 1.54) is 16.7 Å². The minimum atomic E-state index is 0.308. The van der Waals surface area contributed by atoms with Gasteiger partial charge in [-0.05, 0) is 56.1 Å². The minimum Gasteiger partial charge on any atom is -0.439 e. The van der Waals surface area contributed by atoms with Crippen LogP contribution in [0.25, 0.3) is 0 Å². The summed E-state index contributed by atoms with van der Waals surface area (Å²) in [5.41, 5.74) is 3.55. The fraction of sp³-hybridized carbons (Fsp3) is 0.353. The minimum absolute atomic E-state index is 0.308. The van der Waals surface area contributed by atoms with Crippen LogP contribution < -0.4 is 10.1 Å². The fourth-order valence-electron chi connectivity index (χ4n) is 2.24. The maximum Gasteiger partial charge on any atom is 0.219 e. The Labute approximate surface area is 121 Å². The molecule has 0 aliphatic carbocycles. The number of ether oxygens (including phenoxy) is 1. The first kappa shape index (κ1) is 14.5. The van der Waals surface area contributed by atoms with Gasteiger partial charge >= 0.3 is 0 Å². The van der Waals surface area contributed by atoms with Crippen molar-refractivity contribution in [1.29, 1.82) is 0 Å². The van der Waals surface area contributed by atoms with Gasteiger partial charge < -0.3 is 10.1 Å². The third-order valence-corrected chi connectivity index (χ3v) is 3.19. The number of hydrogen-bond donors (Lipinski definition) is 1. The molecule has 0 aliphatic rings. The van der Waals surface area contributed by atoms with Gasteiger partial charge in [0.25, 0.3) is 0 Å². The summed E-state index contributed by atoms with van der Waals surface area (Å²) in [7, 11) is 0. The molecular formula is C17H22N2O. The van der Waals surface area contributed by atoms with Crippen LogP contribution in [0.3, 0.4) is 0 Å². The van der Waals surface area contributed by atoms with E-state index >= 15 is 0 Å². The molecule has 1 atom stereocenters. The fourth-order valence-corrected chi connectivity index (χ4v) is 2.24. The van der Waals surface area contributed by atoms with Crippen LogP contribution in [0.1, 0.15) is 36.6 Å². The molecule has 1 aromatic carbocycles. The van der Waals surface area contributed by atoms with Gasteiger partial charge in [0.05, 0.1) is 0 Å². The highest BCUT2D eigenvalue weighted by Crippen LogP contribution is 2.23. The SMILES string of the molecule is CCNC(C)c1ccc(Oc2cc(C)cc(C)c2)nc1. The van der Waals surface area contributed by atoms with Gasteiger partial charge in [-0.25, -0.2) is 4.98 Å². The molecule has 1 aromatic heterocycles. The van der Waals surface area contributed by atoms with Crippen LogP contribution in [0.15, 0.2) is 36.5 Å². The first-order valence-corrected chi connectivity index (χ1v) is 7.04. The van der Waals surface area contributed by atoms with E-state index in [4.69, 9.17) is 4.74 Å². The van der Waals surface area contributed by atoms with Crippen LogP contribution >= 0.6 is 0 Å². The van der Waals surface area contributed by atoms with E-state index in [1.54, 1.807) is 0 Å². The number of aryl methyl sites for hydroxylation is 2. The molecule has 0 spiro atoms. The van der Waals surface area contributed by atoms with E-state index < -0.39 is 0 Å². The number of pyridine rings is 1. The van der Waals surface area contributed by atoms with Crippen LogP contribution in [0.4, 0.5) is 0 Å². The normalized spacial score (nSPS) is 12.2. The second-order valence-electron chi connectivity index (χ2n) is 5.13. The van der Waals surface area contributed by atoms with Crippen molar-refractivity contribution in [3.8, 4) is 11.6 Å². The molecule has 0 radical (unpaired) electrons. The van der Waals surface area contributed by atoms with E-state index in [0.29, 0.717) is 11.9 Å². The van der Waals surface area contributed by atoms with Gasteiger partial charge in [0, 0.05) is 18.3 Å². The zero-order valence-electron chi connectivity index (χ0n) is 12.6. The molecule has 0 saturated heterocycles. The standard InChI is InChI=1S/C17H22N2O/c1-5-18-14(4)15-6-7-17(19-11-15)20-16-9-12(2)8-13(3)10-16/h6-11,14,18H,5H2,1-4H3. The molecule has 0 bridgehead atoms. The molecule has 2 rings (SSSR count). The summed E-state index contributed by atoms with van der Waals surface area (Å²) in [6, 6.07) is 10.4. The van der Waals surface area contributed by atoms with Crippen LogP contribution in [-0.2, 0) is 0 Å². The molecule has 3 nitrogen and oxygen atoms in total. The first-order chi connectivity index (χ1) is 9.58. The van der Waals surface area contributed by atoms with Gasteiger partial charge in [-0.2, -0.15) is 0 Å². The smallest absolute Gasteiger partial charge is 0.219 e. The molecule has 106 valence electrons. The molecular weight excluding hydrogens is 248 g/mol. The van der Waals surface area contributed by atoms with Crippen molar-refractivity contribution in [2.75, 3.05) is 6.54 Å². The molecule has 2 aromatic rings. The lowest BCUT2D eigenvalue weighted by Crippen LogP contribution is -2.17. The van der Waals surface area contributed by atoms with Crippen LogP contribution in [0.5, 0.6) is 11.6 Å². The number of rotatable bonds is 5. The van der Waals surface area contributed by atoms with Crippen molar-refractivity contribution in [3.05, 3.63) is 53.2 Å². The quantitative estimate of drug-likeness (QED) is 0.885. The highest BCUT2D eigenvalue weighted by Gasteiger charge is 2.05. The zero-order valence-corrected chi connectivity index (χ0v) is 12.6. The van der Waals surface area contributed by atoms with E-state index in [1.807, 2.05) is 24.4 Å². The van der Waals surface area contributed by atoms with Gasteiger partial charge in [-0.15, -0.1) is 0 Å². The summed E-state index contributed by atoms with van der Waals surface area (Å²) in [5, 5.41) is 3.37. The molecule has 0 fully saturated rings. The molecule has 0 aliphatic heterocycles. The molecule has 1 N–H and O–H groups in total. The molecule has 1 heterocycles. The predicted octanol–water partition coefficient (Wildman–Crippen LogP) is 4.16. The van der Waals surface area contributed by atoms with Crippen molar-refractivity contribution in [3.63, 3.8) is 0 Å². The Morgan fingerprint density at radius 1 is 1.15 bits per heavy atom. The largest absolute Gasteiger partial charge is 0.439 e. The van der Waals surface area contributed by atoms with Gasteiger partial charge in [-0.1, -0.05) is 19.1 Å². The Morgan fingerprint density at radius 2 is 1.85 bits per heavy atom. The Bertz CT molecular complexity index is 543. The molecule has 3 heteroatoms. The lowest BCUT2D eigenvalue weighted by atomic mass is 10.1. The molecule has 0 amide bonds. The second-order valence-corrected chi connectivity index (χ2v) is 5.13. The number of hydrogen-bond acceptors (Lipinski definition) is 3. The first-order valence-electron chi connectivity index (χ1n) is 7.04. The summed E-state index contributed by atoms with van der Waals surface area (Å²) in [5.74, 6) is 1.46. The number of nitrogens with zero attached hydrogens (tertiary/aromatic N) is 1. The van der Waals surface area contributed by atoms with Gasteiger partial charge in [-0.3, -0.25) is 0 Å². The summed E-state index contributed by atoms with van der Waals surface area (Å²) in [6.07, 6.45) is 1.87.